The normalized spacial score (nSPS) is 13.6. The van der Waals surface area contributed by atoms with E-state index in [4.69, 9.17) is 0 Å². The molecule has 2 atom stereocenters. The Morgan fingerprint density at radius 1 is 0.871 bits per heavy atom. The Labute approximate surface area is 184 Å². The van der Waals surface area contributed by atoms with Crippen LogP contribution in [0.15, 0.2) is 78.9 Å². The Bertz CT molecular complexity index is 1150. The SMILES string of the molecule is Cc1ccc([C@H](NC(=O)[C@H](c2ccccc2)N(C)S(C)(=O)=O)c2ccccc2)c(C)c1. The van der Waals surface area contributed by atoms with Gasteiger partial charge in [-0.25, -0.2) is 8.42 Å². The molecule has 3 aromatic rings. The molecule has 0 unspecified atom stereocenters. The molecule has 0 aromatic heterocycles. The van der Waals surface area contributed by atoms with Gasteiger partial charge in [0.25, 0.3) is 0 Å². The number of nitrogens with one attached hydrogen (secondary N) is 1. The van der Waals surface area contributed by atoms with Crippen molar-refractivity contribution in [1.29, 1.82) is 0 Å². The average Bonchev–Trinajstić information content (AvgIpc) is 2.73. The second kappa shape index (κ2) is 9.45. The quantitative estimate of drug-likeness (QED) is 0.605. The lowest BCUT2D eigenvalue weighted by atomic mass is 9.93. The van der Waals surface area contributed by atoms with Crippen LogP contribution in [-0.2, 0) is 14.8 Å². The minimum absolute atomic E-state index is 0.382. The van der Waals surface area contributed by atoms with Crippen molar-refractivity contribution in [1.82, 2.24) is 9.62 Å². The van der Waals surface area contributed by atoms with Gasteiger partial charge in [-0.1, -0.05) is 84.4 Å². The molecule has 0 aliphatic heterocycles. The maximum absolute atomic E-state index is 13.5. The van der Waals surface area contributed by atoms with E-state index in [9.17, 15) is 13.2 Å². The third kappa shape index (κ3) is 5.40. The zero-order valence-corrected chi connectivity index (χ0v) is 19.1. The van der Waals surface area contributed by atoms with Crippen LogP contribution in [0.4, 0.5) is 0 Å². The molecule has 3 aromatic carbocycles. The van der Waals surface area contributed by atoms with Crippen molar-refractivity contribution >= 4 is 15.9 Å². The number of sulfonamides is 1. The van der Waals surface area contributed by atoms with Gasteiger partial charge in [0.15, 0.2) is 0 Å². The molecule has 1 N–H and O–H groups in total. The second-order valence-corrected chi connectivity index (χ2v) is 9.85. The molecule has 3 rings (SSSR count). The van der Waals surface area contributed by atoms with Gasteiger partial charge in [-0.05, 0) is 36.1 Å². The van der Waals surface area contributed by atoms with Gasteiger partial charge >= 0.3 is 0 Å². The van der Waals surface area contributed by atoms with E-state index in [2.05, 4.69) is 11.4 Å². The zero-order chi connectivity index (χ0) is 22.6. The Hall–Kier alpha value is -2.96. The molecule has 0 aliphatic rings. The number of hydrogen-bond acceptors (Lipinski definition) is 3. The molecule has 0 heterocycles. The number of amides is 1. The molecule has 5 nitrogen and oxygen atoms in total. The lowest BCUT2D eigenvalue weighted by Crippen LogP contribution is -2.42. The Morgan fingerprint density at radius 2 is 1.42 bits per heavy atom. The molecule has 162 valence electrons. The van der Waals surface area contributed by atoms with Crippen LogP contribution >= 0.6 is 0 Å². The van der Waals surface area contributed by atoms with Gasteiger partial charge in [0.05, 0.1) is 12.3 Å². The number of aryl methyl sites for hydroxylation is 2. The van der Waals surface area contributed by atoms with Crippen LogP contribution in [0.1, 0.15) is 39.9 Å². The zero-order valence-electron chi connectivity index (χ0n) is 18.2. The molecule has 6 heteroatoms. The van der Waals surface area contributed by atoms with Crippen LogP contribution in [0.25, 0.3) is 0 Å². The fourth-order valence-electron chi connectivity index (χ4n) is 3.71. The first-order chi connectivity index (χ1) is 14.7. The van der Waals surface area contributed by atoms with E-state index in [1.807, 2.05) is 62.4 Å². The third-order valence-electron chi connectivity index (χ3n) is 5.41. The number of benzene rings is 3. The van der Waals surface area contributed by atoms with Crippen molar-refractivity contribution in [3.63, 3.8) is 0 Å². The minimum Gasteiger partial charge on any atom is -0.343 e. The average molecular weight is 437 g/mol. The number of hydrogen-bond donors (Lipinski definition) is 1. The summed E-state index contributed by atoms with van der Waals surface area (Å²) in [6.45, 7) is 4.04. The van der Waals surface area contributed by atoms with Crippen molar-refractivity contribution in [2.75, 3.05) is 13.3 Å². The van der Waals surface area contributed by atoms with Gasteiger partial charge in [0, 0.05) is 7.05 Å². The number of likely N-dealkylation sites (N-methyl/N-ethyl adjacent to an activating group) is 1. The summed E-state index contributed by atoms with van der Waals surface area (Å²) in [6.07, 6.45) is 1.11. The van der Waals surface area contributed by atoms with Crippen LogP contribution in [0.2, 0.25) is 0 Å². The largest absolute Gasteiger partial charge is 0.343 e. The first kappa shape index (κ1) is 22.7. The molecule has 0 radical (unpaired) electrons. The molecule has 1 amide bonds. The van der Waals surface area contributed by atoms with E-state index < -0.39 is 22.1 Å². The Kier molecular flexibility index (Phi) is 6.93. The fraction of sp³-hybridized carbons (Fsp3) is 0.240. The van der Waals surface area contributed by atoms with E-state index in [1.165, 1.54) is 7.05 Å². The topological polar surface area (TPSA) is 66.5 Å². The maximum Gasteiger partial charge on any atom is 0.243 e. The summed E-state index contributed by atoms with van der Waals surface area (Å²) in [7, 11) is -2.17. The summed E-state index contributed by atoms with van der Waals surface area (Å²) in [4.78, 5) is 13.5. The van der Waals surface area contributed by atoms with Crippen molar-refractivity contribution in [2.45, 2.75) is 25.9 Å². The number of nitrogens with zero attached hydrogens (tertiary/aromatic N) is 1. The van der Waals surface area contributed by atoms with Crippen LogP contribution in [0.5, 0.6) is 0 Å². The lowest BCUT2D eigenvalue weighted by Gasteiger charge is -2.29. The van der Waals surface area contributed by atoms with Crippen molar-refractivity contribution < 1.29 is 13.2 Å². The van der Waals surface area contributed by atoms with Crippen LogP contribution < -0.4 is 5.32 Å². The summed E-state index contributed by atoms with van der Waals surface area (Å²) < 4.78 is 25.7. The predicted molar refractivity (Wildman–Crippen MR) is 124 cm³/mol. The van der Waals surface area contributed by atoms with Crippen LogP contribution in [0, 0.1) is 13.8 Å². The van der Waals surface area contributed by atoms with Crippen molar-refractivity contribution in [3.8, 4) is 0 Å². The molecule has 0 saturated carbocycles. The standard InChI is InChI=1S/C25H28N2O3S/c1-18-15-16-22(19(2)17-18)23(20-11-7-5-8-12-20)26-25(28)24(27(3)31(4,29)30)21-13-9-6-10-14-21/h5-17,23-24H,1-4H3,(H,26,28)/t23-,24+/m1/s1. The van der Waals surface area contributed by atoms with Crippen molar-refractivity contribution in [2.24, 2.45) is 0 Å². The molecule has 0 fully saturated rings. The van der Waals surface area contributed by atoms with Crippen molar-refractivity contribution in [3.05, 3.63) is 107 Å². The van der Waals surface area contributed by atoms with Gasteiger partial charge in [-0.3, -0.25) is 4.79 Å². The summed E-state index contributed by atoms with van der Waals surface area (Å²) in [5, 5.41) is 3.12. The highest BCUT2D eigenvalue weighted by Crippen LogP contribution is 2.28. The van der Waals surface area contributed by atoms with Gasteiger partial charge in [0.1, 0.15) is 6.04 Å². The summed E-state index contributed by atoms with van der Waals surface area (Å²) in [6, 6.07) is 23.4. The van der Waals surface area contributed by atoms with Gasteiger partial charge in [0.2, 0.25) is 15.9 Å². The van der Waals surface area contributed by atoms with E-state index in [-0.39, 0.29) is 5.91 Å². The number of carbonyl (C=O) groups excluding carboxylic acids is 1. The Morgan fingerprint density at radius 3 is 1.94 bits per heavy atom. The predicted octanol–water partition coefficient (Wildman–Crippen LogP) is 4.14. The highest BCUT2D eigenvalue weighted by Gasteiger charge is 2.32. The van der Waals surface area contributed by atoms with E-state index in [0.717, 1.165) is 32.8 Å². The molecule has 0 aliphatic carbocycles. The van der Waals surface area contributed by atoms with Gasteiger partial charge < -0.3 is 5.32 Å². The Balaban J connectivity index is 2.05. The first-order valence-electron chi connectivity index (χ1n) is 10.1. The molecule has 0 bridgehead atoms. The van der Waals surface area contributed by atoms with E-state index >= 15 is 0 Å². The molecule has 0 saturated heterocycles. The maximum atomic E-state index is 13.5. The molecular formula is C25H28N2O3S. The third-order valence-corrected chi connectivity index (χ3v) is 6.66. The molecule has 31 heavy (non-hydrogen) atoms. The summed E-state index contributed by atoms with van der Waals surface area (Å²) in [5.41, 5.74) is 4.70. The monoisotopic (exact) mass is 436 g/mol. The summed E-state index contributed by atoms with van der Waals surface area (Å²) >= 11 is 0. The fourth-order valence-corrected chi connectivity index (χ4v) is 4.31. The van der Waals surface area contributed by atoms with Crippen LogP contribution in [-0.4, -0.2) is 31.9 Å². The van der Waals surface area contributed by atoms with E-state index in [1.54, 1.807) is 24.3 Å². The van der Waals surface area contributed by atoms with E-state index in [0.29, 0.717) is 5.56 Å². The molecule has 0 spiro atoms. The highest BCUT2D eigenvalue weighted by atomic mass is 32.2. The van der Waals surface area contributed by atoms with Crippen LogP contribution in [0.3, 0.4) is 0 Å². The van der Waals surface area contributed by atoms with Gasteiger partial charge in [-0.2, -0.15) is 4.31 Å². The first-order valence-corrected chi connectivity index (χ1v) is 11.9. The molecular weight excluding hydrogens is 408 g/mol. The highest BCUT2D eigenvalue weighted by molar-refractivity contribution is 7.88. The number of carbonyl (C=O) groups is 1. The second-order valence-electron chi connectivity index (χ2n) is 7.80. The lowest BCUT2D eigenvalue weighted by molar-refractivity contribution is -0.125. The smallest absolute Gasteiger partial charge is 0.243 e. The van der Waals surface area contributed by atoms with Gasteiger partial charge in [-0.15, -0.1) is 0 Å². The minimum atomic E-state index is -3.60. The summed E-state index contributed by atoms with van der Waals surface area (Å²) in [5.74, 6) is -0.382. The number of rotatable bonds is 7.